The number of aromatic nitrogens is 2. The highest BCUT2D eigenvalue weighted by molar-refractivity contribution is 8.00. The summed E-state index contributed by atoms with van der Waals surface area (Å²) in [5, 5.41) is 0. The number of methoxy groups -OCH3 is 1. The van der Waals surface area contributed by atoms with Crippen molar-refractivity contribution in [2.45, 2.75) is 18.4 Å². The monoisotopic (exact) mass is 371 g/mol. The van der Waals surface area contributed by atoms with Gasteiger partial charge in [-0.05, 0) is 36.6 Å². The molecule has 0 saturated carbocycles. The lowest BCUT2D eigenvalue weighted by Crippen LogP contribution is -2.04. The first-order valence-electron chi connectivity index (χ1n) is 7.93. The molecule has 2 aromatic carbocycles. The summed E-state index contributed by atoms with van der Waals surface area (Å²) in [7, 11) is 1.60. The van der Waals surface area contributed by atoms with Crippen LogP contribution >= 0.6 is 11.9 Å². The Kier molecular flexibility index (Phi) is 5.91. The fourth-order valence-electron chi connectivity index (χ4n) is 2.23. The highest BCUT2D eigenvalue weighted by atomic mass is 32.2. The van der Waals surface area contributed by atoms with Crippen LogP contribution in [0.15, 0.2) is 59.6 Å². The van der Waals surface area contributed by atoms with E-state index in [1.165, 1.54) is 11.9 Å². The van der Waals surface area contributed by atoms with E-state index in [4.69, 9.17) is 9.47 Å². The lowest BCUT2D eigenvalue weighted by Gasteiger charge is -2.11. The maximum Gasteiger partial charge on any atom is 0.318 e. The van der Waals surface area contributed by atoms with E-state index < -0.39 is 5.82 Å². The van der Waals surface area contributed by atoms with E-state index in [2.05, 4.69) is 14.7 Å². The number of rotatable bonds is 7. The van der Waals surface area contributed by atoms with E-state index in [0.717, 1.165) is 22.2 Å². The number of aryl methyl sites for hydroxylation is 1. The number of ether oxygens (including phenoxy) is 2. The Balaban J connectivity index is 1.68. The van der Waals surface area contributed by atoms with Gasteiger partial charge in [0.15, 0.2) is 11.6 Å². The van der Waals surface area contributed by atoms with Gasteiger partial charge in [0.1, 0.15) is 12.4 Å². The summed E-state index contributed by atoms with van der Waals surface area (Å²) in [4.78, 5) is 8.98. The zero-order chi connectivity index (χ0) is 18.4. The van der Waals surface area contributed by atoms with Gasteiger partial charge in [0.25, 0.3) is 0 Å². The predicted octanol–water partition coefficient (Wildman–Crippen LogP) is 4.63. The summed E-state index contributed by atoms with van der Waals surface area (Å²) in [6.45, 7) is 2.21. The molecule has 0 amide bonds. The molecule has 3 aromatic rings. The molecule has 134 valence electrons. The molecule has 0 aliphatic carbocycles. The van der Waals surface area contributed by atoms with Crippen molar-refractivity contribution in [3.8, 4) is 11.8 Å². The number of nitrogens with zero attached hydrogens (tertiary/aromatic N) is 2. The average Bonchev–Trinajstić information content (AvgIpc) is 2.67. The average molecular weight is 371 g/mol. The van der Waals surface area contributed by atoms with Gasteiger partial charge in [-0.1, -0.05) is 36.4 Å². The van der Waals surface area contributed by atoms with Crippen LogP contribution in [0.5, 0.6) is 11.8 Å². The molecular weight excluding hydrogens is 353 g/mol. The van der Waals surface area contributed by atoms with Crippen LogP contribution < -0.4 is 14.2 Å². The van der Waals surface area contributed by atoms with Crippen LogP contribution in [0.25, 0.3) is 0 Å². The van der Waals surface area contributed by atoms with Gasteiger partial charge in [-0.15, -0.1) is 0 Å². The second-order valence-electron chi connectivity index (χ2n) is 5.42. The minimum absolute atomic E-state index is 0.0725. The fraction of sp³-hybridized carbons (Fsp3) is 0.158. The van der Waals surface area contributed by atoms with Crippen molar-refractivity contribution in [2.75, 3.05) is 11.8 Å². The zero-order valence-electron chi connectivity index (χ0n) is 14.4. The van der Waals surface area contributed by atoms with Crippen molar-refractivity contribution < 1.29 is 13.9 Å². The molecule has 0 unspecified atom stereocenters. The Bertz CT molecular complexity index is 892. The van der Waals surface area contributed by atoms with E-state index in [-0.39, 0.29) is 18.4 Å². The van der Waals surface area contributed by atoms with Gasteiger partial charge in [0, 0.05) is 10.5 Å². The number of benzene rings is 2. The second-order valence-corrected chi connectivity index (χ2v) is 6.27. The SMILES string of the molecule is COc1ccccc1COc1ncc(F)c(NSc2ccccc2C)n1. The summed E-state index contributed by atoms with van der Waals surface area (Å²) < 4.78 is 27.8. The lowest BCUT2D eigenvalue weighted by molar-refractivity contribution is 0.273. The van der Waals surface area contributed by atoms with Gasteiger partial charge in [-0.2, -0.15) is 4.98 Å². The Morgan fingerprint density at radius 2 is 1.88 bits per heavy atom. The van der Waals surface area contributed by atoms with Crippen molar-refractivity contribution >= 4 is 17.8 Å². The fourth-order valence-corrected chi connectivity index (χ4v) is 2.96. The smallest absolute Gasteiger partial charge is 0.318 e. The minimum Gasteiger partial charge on any atom is -0.496 e. The van der Waals surface area contributed by atoms with E-state index >= 15 is 0 Å². The van der Waals surface area contributed by atoms with Crippen LogP contribution in [0.1, 0.15) is 11.1 Å². The largest absolute Gasteiger partial charge is 0.496 e. The van der Waals surface area contributed by atoms with E-state index in [9.17, 15) is 4.39 Å². The zero-order valence-corrected chi connectivity index (χ0v) is 15.2. The maximum absolute atomic E-state index is 14.0. The standard InChI is InChI=1S/C19H18FN3O2S/c1-13-7-3-6-10-17(13)26-23-18-15(20)11-21-19(22-18)25-12-14-8-4-5-9-16(14)24-2/h3-11H,12H2,1-2H3,(H,21,22,23). The topological polar surface area (TPSA) is 56.3 Å². The highest BCUT2D eigenvalue weighted by Gasteiger charge is 2.10. The number of halogens is 1. The summed E-state index contributed by atoms with van der Waals surface area (Å²) in [6.07, 6.45) is 1.09. The van der Waals surface area contributed by atoms with E-state index in [0.29, 0.717) is 5.75 Å². The van der Waals surface area contributed by atoms with Gasteiger partial charge < -0.3 is 14.2 Å². The number of anilines is 1. The van der Waals surface area contributed by atoms with Gasteiger partial charge in [0.05, 0.1) is 13.3 Å². The van der Waals surface area contributed by atoms with Crippen molar-refractivity contribution in [1.82, 2.24) is 9.97 Å². The molecule has 1 aromatic heterocycles. The maximum atomic E-state index is 14.0. The number of nitrogens with one attached hydrogen (secondary N) is 1. The summed E-state index contributed by atoms with van der Waals surface area (Å²) in [6, 6.07) is 15.4. The lowest BCUT2D eigenvalue weighted by atomic mass is 10.2. The van der Waals surface area contributed by atoms with Crippen molar-refractivity contribution in [1.29, 1.82) is 0 Å². The van der Waals surface area contributed by atoms with E-state index in [1.54, 1.807) is 7.11 Å². The molecule has 1 heterocycles. The van der Waals surface area contributed by atoms with Crippen LogP contribution in [-0.4, -0.2) is 17.1 Å². The summed E-state index contributed by atoms with van der Waals surface area (Å²) in [5.41, 5.74) is 1.94. The Morgan fingerprint density at radius 3 is 2.69 bits per heavy atom. The Morgan fingerprint density at radius 1 is 1.12 bits per heavy atom. The van der Waals surface area contributed by atoms with Gasteiger partial charge in [0.2, 0.25) is 0 Å². The second kappa shape index (κ2) is 8.53. The van der Waals surface area contributed by atoms with Crippen LogP contribution in [0, 0.1) is 12.7 Å². The van der Waals surface area contributed by atoms with Crippen molar-refractivity contribution in [3.63, 3.8) is 0 Å². The van der Waals surface area contributed by atoms with Gasteiger partial charge in [-0.25, -0.2) is 9.37 Å². The first-order valence-corrected chi connectivity index (χ1v) is 8.74. The van der Waals surface area contributed by atoms with Crippen LogP contribution in [-0.2, 0) is 6.61 Å². The highest BCUT2D eigenvalue weighted by Crippen LogP contribution is 2.25. The third kappa shape index (κ3) is 4.43. The first kappa shape index (κ1) is 18.0. The third-order valence-corrected chi connectivity index (χ3v) is 4.60. The molecule has 0 spiro atoms. The van der Waals surface area contributed by atoms with Crippen molar-refractivity contribution in [2.24, 2.45) is 0 Å². The van der Waals surface area contributed by atoms with Crippen LogP contribution in [0.2, 0.25) is 0 Å². The molecule has 0 aliphatic rings. The number of para-hydroxylation sites is 1. The molecule has 5 nitrogen and oxygen atoms in total. The molecule has 0 aliphatic heterocycles. The van der Waals surface area contributed by atoms with Crippen LogP contribution in [0.3, 0.4) is 0 Å². The molecule has 1 N–H and O–H groups in total. The molecule has 0 fully saturated rings. The quantitative estimate of drug-likeness (QED) is 0.611. The molecule has 0 atom stereocenters. The van der Waals surface area contributed by atoms with E-state index in [1.807, 2.05) is 55.5 Å². The first-order chi connectivity index (χ1) is 12.7. The summed E-state index contributed by atoms with van der Waals surface area (Å²) >= 11 is 1.29. The van der Waals surface area contributed by atoms with Gasteiger partial charge >= 0.3 is 6.01 Å². The Hall–Kier alpha value is -2.80. The molecule has 0 saturated heterocycles. The minimum atomic E-state index is -0.546. The molecule has 26 heavy (non-hydrogen) atoms. The molecule has 0 radical (unpaired) electrons. The van der Waals surface area contributed by atoms with Gasteiger partial charge in [-0.3, -0.25) is 0 Å². The Labute approximate surface area is 155 Å². The van der Waals surface area contributed by atoms with Crippen LogP contribution in [0.4, 0.5) is 10.2 Å². The third-order valence-electron chi connectivity index (χ3n) is 3.62. The number of hydrogen-bond acceptors (Lipinski definition) is 6. The summed E-state index contributed by atoms with van der Waals surface area (Å²) in [5.74, 6) is 0.238. The number of hydrogen-bond donors (Lipinski definition) is 1. The molecule has 3 rings (SSSR count). The van der Waals surface area contributed by atoms with Crippen molar-refractivity contribution in [3.05, 3.63) is 71.7 Å². The molecular formula is C19H18FN3O2S. The predicted molar refractivity (Wildman–Crippen MR) is 100.0 cm³/mol. The normalized spacial score (nSPS) is 10.4. The molecule has 7 heteroatoms. The molecule has 0 bridgehead atoms.